The molecule has 0 aliphatic carbocycles. The molecule has 3 aromatic rings. The number of aromatic amines is 1. The van der Waals surface area contributed by atoms with Gasteiger partial charge in [0.25, 0.3) is 5.95 Å². The summed E-state index contributed by atoms with van der Waals surface area (Å²) in [4.78, 5) is 10.4. The summed E-state index contributed by atoms with van der Waals surface area (Å²) >= 11 is 0. The van der Waals surface area contributed by atoms with Crippen LogP contribution in [0.3, 0.4) is 0 Å². The second-order valence-corrected chi connectivity index (χ2v) is 5.25. The molecule has 0 amide bonds. The molecule has 0 radical (unpaired) electrons. The van der Waals surface area contributed by atoms with Gasteiger partial charge in [-0.1, -0.05) is 0 Å². The molecule has 0 saturated heterocycles. The molecule has 2 heterocycles. The average Bonchev–Trinajstić information content (AvgIpc) is 3.15. The highest BCUT2D eigenvalue weighted by molar-refractivity contribution is 5.54. The van der Waals surface area contributed by atoms with E-state index in [1.807, 2.05) is 43.3 Å². The number of aliphatic hydroxyl groups excluding tert-OH is 1. The number of nitrogens with zero attached hydrogens (tertiary/aromatic N) is 6. The molecule has 0 fully saturated rings. The number of aromatic nitrogens is 4. The van der Waals surface area contributed by atoms with Crippen LogP contribution in [-0.2, 0) is 0 Å². The van der Waals surface area contributed by atoms with E-state index in [-0.39, 0.29) is 12.6 Å². The third-order valence-electron chi connectivity index (χ3n) is 3.63. The summed E-state index contributed by atoms with van der Waals surface area (Å²) in [5.74, 6) is 0.860. The lowest BCUT2D eigenvalue weighted by Crippen LogP contribution is -2.25. The molecule has 2 aromatic heterocycles. The number of aliphatic hydroxyl groups is 1. The first kappa shape index (κ1) is 16.7. The minimum Gasteiger partial charge on any atom is -0.395 e. The third kappa shape index (κ3) is 4.24. The Bertz CT molecular complexity index is 815. The van der Waals surface area contributed by atoms with Gasteiger partial charge in [0, 0.05) is 36.7 Å². The van der Waals surface area contributed by atoms with Crippen molar-refractivity contribution in [2.75, 3.05) is 24.6 Å². The predicted molar refractivity (Wildman–Crippen MR) is 95.2 cm³/mol. The number of azo groups is 1. The SMILES string of the molecule is CCN(CCO)c1ccc(N=Nc2n[nH]c(-c3cccnc3)n2)cc1. The zero-order valence-electron chi connectivity index (χ0n) is 13.9. The summed E-state index contributed by atoms with van der Waals surface area (Å²) in [7, 11) is 0. The van der Waals surface area contributed by atoms with E-state index in [1.165, 1.54) is 0 Å². The Morgan fingerprint density at radius 3 is 2.68 bits per heavy atom. The van der Waals surface area contributed by atoms with E-state index >= 15 is 0 Å². The summed E-state index contributed by atoms with van der Waals surface area (Å²) in [5, 5.41) is 24.1. The van der Waals surface area contributed by atoms with Gasteiger partial charge in [0.1, 0.15) is 0 Å². The van der Waals surface area contributed by atoms with E-state index in [9.17, 15) is 0 Å². The molecule has 25 heavy (non-hydrogen) atoms. The molecule has 8 nitrogen and oxygen atoms in total. The fraction of sp³-hybridized carbons (Fsp3) is 0.235. The Morgan fingerprint density at radius 2 is 2.00 bits per heavy atom. The number of likely N-dealkylation sites (N-methyl/N-ethyl adjacent to an activating group) is 1. The number of hydrogen-bond acceptors (Lipinski definition) is 7. The van der Waals surface area contributed by atoms with Gasteiger partial charge in [-0.3, -0.25) is 10.1 Å². The highest BCUT2D eigenvalue weighted by Crippen LogP contribution is 2.22. The maximum Gasteiger partial charge on any atom is 0.287 e. The Balaban J connectivity index is 1.69. The molecule has 1 aromatic carbocycles. The quantitative estimate of drug-likeness (QED) is 0.645. The van der Waals surface area contributed by atoms with Gasteiger partial charge in [-0.05, 0) is 43.3 Å². The van der Waals surface area contributed by atoms with Gasteiger partial charge >= 0.3 is 0 Å². The molecule has 0 bridgehead atoms. The van der Waals surface area contributed by atoms with Gasteiger partial charge in [-0.2, -0.15) is 4.98 Å². The maximum absolute atomic E-state index is 9.08. The van der Waals surface area contributed by atoms with Crippen LogP contribution in [0.1, 0.15) is 6.92 Å². The molecule has 8 heteroatoms. The molecule has 0 spiro atoms. The van der Waals surface area contributed by atoms with Crippen molar-refractivity contribution in [2.45, 2.75) is 6.92 Å². The Kier molecular flexibility index (Phi) is 5.43. The van der Waals surface area contributed by atoms with Crippen molar-refractivity contribution in [3.05, 3.63) is 48.8 Å². The highest BCUT2D eigenvalue weighted by atomic mass is 16.3. The van der Waals surface area contributed by atoms with Gasteiger partial charge in [-0.25, -0.2) is 0 Å². The fourth-order valence-corrected chi connectivity index (χ4v) is 2.35. The lowest BCUT2D eigenvalue weighted by atomic mass is 10.2. The van der Waals surface area contributed by atoms with Crippen molar-refractivity contribution in [2.24, 2.45) is 10.2 Å². The number of rotatable bonds is 7. The van der Waals surface area contributed by atoms with E-state index < -0.39 is 0 Å². The molecular formula is C17H19N7O. The number of anilines is 1. The Morgan fingerprint density at radius 1 is 1.16 bits per heavy atom. The van der Waals surface area contributed by atoms with Crippen molar-refractivity contribution in [1.29, 1.82) is 0 Å². The molecule has 2 N–H and O–H groups in total. The van der Waals surface area contributed by atoms with Crippen molar-refractivity contribution < 1.29 is 5.11 Å². The van der Waals surface area contributed by atoms with Gasteiger partial charge in [0.2, 0.25) is 0 Å². The van der Waals surface area contributed by atoms with Crippen LogP contribution in [0.2, 0.25) is 0 Å². The molecule has 0 atom stereocenters. The van der Waals surface area contributed by atoms with Crippen LogP contribution in [0.4, 0.5) is 17.3 Å². The van der Waals surface area contributed by atoms with Crippen LogP contribution < -0.4 is 4.90 Å². The van der Waals surface area contributed by atoms with Crippen molar-refractivity contribution in [3.63, 3.8) is 0 Å². The third-order valence-corrected chi connectivity index (χ3v) is 3.63. The van der Waals surface area contributed by atoms with E-state index in [4.69, 9.17) is 5.11 Å². The zero-order chi connectivity index (χ0) is 17.5. The molecule has 0 saturated carbocycles. The minimum absolute atomic E-state index is 0.124. The van der Waals surface area contributed by atoms with Crippen molar-refractivity contribution in [1.82, 2.24) is 20.2 Å². The number of benzene rings is 1. The summed E-state index contributed by atoms with van der Waals surface area (Å²) < 4.78 is 0. The van der Waals surface area contributed by atoms with Crippen LogP contribution in [0.5, 0.6) is 0 Å². The summed E-state index contributed by atoms with van der Waals surface area (Å²) in [6.07, 6.45) is 3.40. The van der Waals surface area contributed by atoms with Crippen molar-refractivity contribution >= 4 is 17.3 Å². The topological polar surface area (TPSA) is 103 Å². The van der Waals surface area contributed by atoms with Crippen LogP contribution in [0, 0.1) is 0 Å². The second-order valence-electron chi connectivity index (χ2n) is 5.25. The van der Waals surface area contributed by atoms with Crippen LogP contribution in [0.15, 0.2) is 59.0 Å². The van der Waals surface area contributed by atoms with E-state index in [1.54, 1.807) is 12.4 Å². The van der Waals surface area contributed by atoms with Gasteiger partial charge in [0.05, 0.1) is 12.3 Å². The van der Waals surface area contributed by atoms with Crippen LogP contribution >= 0.6 is 0 Å². The number of nitrogens with one attached hydrogen (secondary N) is 1. The van der Waals surface area contributed by atoms with E-state index in [0.29, 0.717) is 18.1 Å². The molecule has 3 rings (SSSR count). The maximum atomic E-state index is 9.08. The molecule has 0 aliphatic rings. The first-order valence-electron chi connectivity index (χ1n) is 8.00. The summed E-state index contributed by atoms with van der Waals surface area (Å²) in [5.41, 5.74) is 2.58. The summed E-state index contributed by atoms with van der Waals surface area (Å²) in [6.45, 7) is 3.60. The number of pyridine rings is 1. The smallest absolute Gasteiger partial charge is 0.287 e. The first-order chi connectivity index (χ1) is 12.3. The normalized spacial score (nSPS) is 11.1. The Hall–Kier alpha value is -3.13. The van der Waals surface area contributed by atoms with Gasteiger partial charge in [-0.15, -0.1) is 15.3 Å². The second kappa shape index (κ2) is 8.11. The van der Waals surface area contributed by atoms with E-state index in [2.05, 4.69) is 35.3 Å². The van der Waals surface area contributed by atoms with Crippen LogP contribution in [0.25, 0.3) is 11.4 Å². The molecular weight excluding hydrogens is 318 g/mol. The van der Waals surface area contributed by atoms with E-state index in [0.717, 1.165) is 17.8 Å². The number of H-pyrrole nitrogens is 1. The standard InChI is InChI=1S/C17H19N7O/c1-2-24(10-11-25)15-7-5-14(6-8-15)20-22-17-19-16(21-23-17)13-4-3-9-18-12-13/h3-9,12,25H,2,10-11H2,1H3,(H,19,21,23). The highest BCUT2D eigenvalue weighted by Gasteiger charge is 2.05. The molecule has 128 valence electrons. The van der Waals surface area contributed by atoms with Crippen molar-refractivity contribution in [3.8, 4) is 11.4 Å². The summed E-state index contributed by atoms with van der Waals surface area (Å²) in [6, 6.07) is 11.4. The molecule has 0 unspecified atom stereocenters. The van der Waals surface area contributed by atoms with Gasteiger partial charge < -0.3 is 10.0 Å². The monoisotopic (exact) mass is 337 g/mol. The molecule has 0 aliphatic heterocycles. The fourth-order valence-electron chi connectivity index (χ4n) is 2.35. The Labute approximate surface area is 145 Å². The minimum atomic E-state index is 0.124. The average molecular weight is 337 g/mol. The predicted octanol–water partition coefficient (Wildman–Crippen LogP) is 3.10. The van der Waals surface area contributed by atoms with Crippen LogP contribution in [-0.4, -0.2) is 45.0 Å². The zero-order valence-corrected chi connectivity index (χ0v) is 13.9. The largest absolute Gasteiger partial charge is 0.395 e. The number of hydrogen-bond donors (Lipinski definition) is 2. The lowest BCUT2D eigenvalue weighted by molar-refractivity contribution is 0.302. The first-order valence-corrected chi connectivity index (χ1v) is 8.00. The van der Waals surface area contributed by atoms with Gasteiger partial charge in [0.15, 0.2) is 5.82 Å². The lowest BCUT2D eigenvalue weighted by Gasteiger charge is -2.21.